The maximum Gasteiger partial charge on any atom is 0.0603 e. The molecule has 0 fully saturated rings. The molecule has 1 N–H and O–H groups in total. The molecular weight excluding hydrogens is 447 g/mol. The van der Waals surface area contributed by atoms with Crippen molar-refractivity contribution in [1.29, 1.82) is 0 Å². The largest absolute Gasteiger partial charge is 0.385 e. The fourth-order valence-corrected chi connectivity index (χ4v) is 4.54. The quantitative estimate of drug-likeness (QED) is 0.355. The van der Waals surface area contributed by atoms with Crippen molar-refractivity contribution in [2.24, 2.45) is 4.99 Å². The molecule has 1 aliphatic carbocycles. The summed E-state index contributed by atoms with van der Waals surface area (Å²) in [6.45, 7) is 10.5. The van der Waals surface area contributed by atoms with E-state index < -0.39 is 0 Å². The van der Waals surface area contributed by atoms with Crippen LogP contribution in [0.5, 0.6) is 0 Å². The van der Waals surface area contributed by atoms with Gasteiger partial charge in [0.2, 0.25) is 0 Å². The van der Waals surface area contributed by atoms with Gasteiger partial charge in [0.15, 0.2) is 0 Å². The fourth-order valence-electron chi connectivity index (χ4n) is 3.96. The van der Waals surface area contributed by atoms with Gasteiger partial charge in [0.1, 0.15) is 0 Å². The third-order valence-electron chi connectivity index (χ3n) is 5.85. The summed E-state index contributed by atoms with van der Waals surface area (Å²) in [7, 11) is 0. The first-order chi connectivity index (χ1) is 16.0. The van der Waals surface area contributed by atoms with E-state index in [4.69, 9.17) is 28.2 Å². The van der Waals surface area contributed by atoms with Crippen LogP contribution in [0.3, 0.4) is 0 Å². The van der Waals surface area contributed by atoms with E-state index in [1.54, 1.807) is 0 Å². The van der Waals surface area contributed by atoms with Crippen molar-refractivity contribution in [3.63, 3.8) is 0 Å². The first-order valence-electron chi connectivity index (χ1n) is 11.9. The van der Waals surface area contributed by atoms with Crippen molar-refractivity contribution in [3.05, 3.63) is 92.5 Å². The molecule has 0 atom stereocenters. The zero-order chi connectivity index (χ0) is 23.8. The summed E-state index contributed by atoms with van der Waals surface area (Å²) in [5.74, 6) is 0. The SMILES string of the molecule is CCCCN=C1C=CC(=C(c2ccc(NCCCC)c(C)c2)c2c(Cl)cccc2Cl)C=C1C. The molecule has 0 spiro atoms. The second-order valence-corrected chi connectivity index (χ2v) is 9.33. The Hall–Kier alpha value is -2.29. The molecule has 0 saturated heterocycles. The summed E-state index contributed by atoms with van der Waals surface area (Å²) < 4.78 is 0. The van der Waals surface area contributed by atoms with Gasteiger partial charge in [-0.05, 0) is 91.0 Å². The van der Waals surface area contributed by atoms with Gasteiger partial charge in [-0.3, -0.25) is 4.99 Å². The Morgan fingerprint density at radius 3 is 2.30 bits per heavy atom. The van der Waals surface area contributed by atoms with Gasteiger partial charge in [-0.2, -0.15) is 0 Å². The second kappa shape index (κ2) is 12.3. The molecule has 174 valence electrons. The Morgan fingerprint density at radius 1 is 0.939 bits per heavy atom. The summed E-state index contributed by atoms with van der Waals surface area (Å²) in [4.78, 5) is 4.77. The Kier molecular flexibility index (Phi) is 9.41. The van der Waals surface area contributed by atoms with Crippen LogP contribution in [-0.4, -0.2) is 18.8 Å². The van der Waals surface area contributed by atoms with Gasteiger partial charge in [-0.1, -0.05) is 68.1 Å². The summed E-state index contributed by atoms with van der Waals surface area (Å²) >= 11 is 13.4. The van der Waals surface area contributed by atoms with E-state index in [0.717, 1.165) is 71.6 Å². The maximum absolute atomic E-state index is 6.70. The lowest BCUT2D eigenvalue weighted by atomic mass is 9.88. The minimum atomic E-state index is 0.648. The van der Waals surface area contributed by atoms with Crippen LogP contribution in [0.25, 0.3) is 5.57 Å². The molecule has 1 aliphatic rings. The van der Waals surface area contributed by atoms with Crippen LogP contribution in [0.1, 0.15) is 63.1 Å². The lowest BCUT2D eigenvalue weighted by Gasteiger charge is -2.19. The summed E-state index contributed by atoms with van der Waals surface area (Å²) in [5, 5.41) is 4.85. The van der Waals surface area contributed by atoms with Crippen molar-refractivity contribution in [2.75, 3.05) is 18.4 Å². The standard InChI is InChI=1S/C29H34Cl2N2/c1-5-7-16-32-26-14-12-22(18-20(26)3)28(29-24(30)10-9-11-25(29)31)23-13-15-27(21(4)19-23)33-17-8-6-2/h9-15,18-19,32H,5-8,16-17H2,1-4H3. The molecule has 2 nitrogen and oxygen atoms in total. The topological polar surface area (TPSA) is 24.4 Å². The molecule has 0 radical (unpaired) electrons. The van der Waals surface area contributed by atoms with E-state index in [9.17, 15) is 0 Å². The van der Waals surface area contributed by atoms with Crippen molar-refractivity contribution >= 4 is 40.2 Å². The minimum absolute atomic E-state index is 0.648. The van der Waals surface area contributed by atoms with Crippen molar-refractivity contribution in [3.8, 4) is 0 Å². The third kappa shape index (κ3) is 6.40. The highest BCUT2D eigenvalue weighted by atomic mass is 35.5. The van der Waals surface area contributed by atoms with Crippen LogP contribution in [0, 0.1) is 6.92 Å². The molecule has 4 heteroatoms. The molecule has 0 saturated carbocycles. The zero-order valence-corrected chi connectivity index (χ0v) is 21.7. The van der Waals surface area contributed by atoms with Crippen molar-refractivity contribution in [1.82, 2.24) is 0 Å². The molecule has 2 aromatic rings. The van der Waals surface area contributed by atoms with Crippen LogP contribution in [0.2, 0.25) is 10.0 Å². The van der Waals surface area contributed by atoms with Crippen LogP contribution in [0.15, 0.2) is 70.8 Å². The molecule has 33 heavy (non-hydrogen) atoms. The number of hydrogen-bond donors (Lipinski definition) is 1. The predicted octanol–water partition coefficient (Wildman–Crippen LogP) is 9.07. The van der Waals surface area contributed by atoms with Gasteiger partial charge in [0, 0.05) is 34.4 Å². The van der Waals surface area contributed by atoms with Crippen molar-refractivity contribution < 1.29 is 0 Å². The Labute approximate surface area is 209 Å². The zero-order valence-electron chi connectivity index (χ0n) is 20.1. The van der Waals surface area contributed by atoms with E-state index in [2.05, 4.69) is 69.4 Å². The number of unbranched alkanes of at least 4 members (excludes halogenated alkanes) is 2. The normalized spacial score (nSPS) is 16.2. The predicted molar refractivity (Wildman–Crippen MR) is 147 cm³/mol. The number of anilines is 1. The first kappa shape index (κ1) is 25.3. The Bertz CT molecular complexity index is 1090. The highest BCUT2D eigenvalue weighted by molar-refractivity contribution is 6.38. The van der Waals surface area contributed by atoms with Gasteiger partial charge in [-0.25, -0.2) is 0 Å². The number of aryl methyl sites for hydroxylation is 1. The average Bonchev–Trinajstić information content (AvgIpc) is 2.79. The molecule has 0 unspecified atom stereocenters. The molecule has 0 bridgehead atoms. The van der Waals surface area contributed by atoms with E-state index >= 15 is 0 Å². The van der Waals surface area contributed by atoms with Crippen molar-refractivity contribution in [2.45, 2.75) is 53.4 Å². The smallest absolute Gasteiger partial charge is 0.0603 e. The Balaban J connectivity index is 2.11. The van der Waals surface area contributed by atoms with Gasteiger partial charge < -0.3 is 5.32 Å². The summed E-state index contributed by atoms with van der Waals surface area (Å²) in [6.07, 6.45) is 11.0. The number of halogens is 2. The molecule has 0 amide bonds. The number of benzene rings is 2. The monoisotopic (exact) mass is 480 g/mol. The van der Waals surface area contributed by atoms with Gasteiger partial charge >= 0.3 is 0 Å². The van der Waals surface area contributed by atoms with Crippen LogP contribution < -0.4 is 5.32 Å². The number of aliphatic imine (C=N–C) groups is 1. The van der Waals surface area contributed by atoms with Crippen LogP contribution in [-0.2, 0) is 0 Å². The van der Waals surface area contributed by atoms with Crippen LogP contribution in [0.4, 0.5) is 5.69 Å². The Morgan fingerprint density at radius 2 is 1.67 bits per heavy atom. The van der Waals surface area contributed by atoms with E-state index in [0.29, 0.717) is 10.0 Å². The highest BCUT2D eigenvalue weighted by Gasteiger charge is 2.19. The van der Waals surface area contributed by atoms with E-state index in [1.165, 1.54) is 12.0 Å². The lowest BCUT2D eigenvalue weighted by Crippen LogP contribution is -2.05. The second-order valence-electron chi connectivity index (χ2n) is 8.52. The van der Waals surface area contributed by atoms with E-state index in [-0.39, 0.29) is 0 Å². The number of nitrogens with one attached hydrogen (secondary N) is 1. The lowest BCUT2D eigenvalue weighted by molar-refractivity contribution is 0.808. The van der Waals surface area contributed by atoms with Gasteiger partial charge in [0.25, 0.3) is 0 Å². The maximum atomic E-state index is 6.70. The number of rotatable bonds is 9. The van der Waals surface area contributed by atoms with E-state index in [1.807, 2.05) is 18.2 Å². The number of hydrogen-bond acceptors (Lipinski definition) is 2. The number of allylic oxidation sites excluding steroid dienone is 5. The highest BCUT2D eigenvalue weighted by Crippen LogP contribution is 2.39. The number of nitrogens with zero attached hydrogens (tertiary/aromatic N) is 1. The van der Waals surface area contributed by atoms with Gasteiger partial charge in [0.05, 0.1) is 5.71 Å². The molecule has 0 heterocycles. The molecule has 0 aromatic heterocycles. The summed E-state index contributed by atoms with van der Waals surface area (Å²) in [6, 6.07) is 12.2. The molecular formula is C29H34Cl2N2. The minimum Gasteiger partial charge on any atom is -0.385 e. The van der Waals surface area contributed by atoms with Gasteiger partial charge in [-0.15, -0.1) is 0 Å². The molecule has 2 aromatic carbocycles. The molecule has 0 aliphatic heterocycles. The summed E-state index contributed by atoms with van der Waals surface area (Å²) in [5.41, 5.74) is 8.65. The average molecular weight is 482 g/mol. The first-order valence-corrected chi connectivity index (χ1v) is 12.7. The third-order valence-corrected chi connectivity index (χ3v) is 6.48. The molecule has 3 rings (SSSR count). The fraction of sp³-hybridized carbons (Fsp3) is 0.345. The van der Waals surface area contributed by atoms with Crippen LogP contribution >= 0.6 is 23.2 Å².